The predicted octanol–water partition coefficient (Wildman–Crippen LogP) is 2.20. The molecule has 0 radical (unpaired) electrons. The van der Waals surface area contributed by atoms with Gasteiger partial charge in [-0.2, -0.15) is 0 Å². The molecule has 0 heterocycles. The molecule has 0 saturated carbocycles. The van der Waals surface area contributed by atoms with Crippen LogP contribution in [0.1, 0.15) is 46.1 Å². The molecule has 0 atom stereocenters. The van der Waals surface area contributed by atoms with Gasteiger partial charge in [-0.3, -0.25) is 4.79 Å². The third kappa shape index (κ3) is 8.88. The van der Waals surface area contributed by atoms with Crippen LogP contribution in [0.5, 0.6) is 5.75 Å². The third-order valence-corrected chi connectivity index (χ3v) is 5.09. The van der Waals surface area contributed by atoms with Gasteiger partial charge in [0.1, 0.15) is 5.75 Å². The van der Waals surface area contributed by atoms with Crippen LogP contribution >= 0.6 is 0 Å². The average molecular weight is 371 g/mol. The number of hydrogen-bond donors (Lipinski definition) is 2. The van der Waals surface area contributed by atoms with Gasteiger partial charge in [-0.05, 0) is 36.5 Å². The number of hydrogen-bond acceptors (Lipinski definition) is 4. The first kappa shape index (κ1) is 21.4. The summed E-state index contributed by atoms with van der Waals surface area (Å²) in [5.41, 5.74) is 1.36. The Kier molecular flexibility index (Phi) is 8.38. The number of sulfonamides is 1. The minimum atomic E-state index is -3.20. The molecule has 142 valence electrons. The lowest BCUT2D eigenvalue weighted by Crippen LogP contribution is -2.35. The fourth-order valence-corrected chi connectivity index (χ4v) is 2.69. The highest BCUT2D eigenvalue weighted by Crippen LogP contribution is 2.24. The Morgan fingerprint density at radius 2 is 1.76 bits per heavy atom. The molecule has 6 nitrogen and oxygen atoms in total. The summed E-state index contributed by atoms with van der Waals surface area (Å²) in [6.45, 7) is 9.01. The molecular formula is C18H30N2O4S. The minimum Gasteiger partial charge on any atom is -0.494 e. The summed E-state index contributed by atoms with van der Waals surface area (Å²) in [4.78, 5) is 11.7. The lowest BCUT2D eigenvalue weighted by atomic mass is 9.87. The van der Waals surface area contributed by atoms with Gasteiger partial charge in [0.05, 0.1) is 12.4 Å². The molecule has 0 aromatic heterocycles. The molecule has 0 aliphatic rings. The number of nitrogens with one attached hydrogen (secondary N) is 2. The van der Waals surface area contributed by atoms with Gasteiger partial charge >= 0.3 is 0 Å². The summed E-state index contributed by atoms with van der Waals surface area (Å²) in [6, 6.07) is 8.00. The molecule has 0 unspecified atom stereocenters. The average Bonchev–Trinajstić information content (AvgIpc) is 2.55. The highest BCUT2D eigenvalue weighted by atomic mass is 32.2. The standard InChI is InChI=1S/C18H30N2O4S/c1-5-25(22,23)20-13-12-19-17(21)7-6-14-24-16-10-8-15(9-11-16)18(2,3)4/h8-11,20H,5-7,12-14H2,1-4H3,(H,19,21). The number of amides is 1. The Morgan fingerprint density at radius 1 is 1.12 bits per heavy atom. The van der Waals surface area contributed by atoms with Crippen molar-refractivity contribution in [1.29, 1.82) is 0 Å². The molecule has 1 rings (SSSR count). The topological polar surface area (TPSA) is 84.5 Å². The van der Waals surface area contributed by atoms with Crippen LogP contribution in [0.25, 0.3) is 0 Å². The van der Waals surface area contributed by atoms with E-state index in [1.54, 1.807) is 6.92 Å². The Balaban J connectivity index is 2.17. The molecule has 0 fully saturated rings. The molecule has 7 heteroatoms. The molecule has 0 aliphatic carbocycles. The summed E-state index contributed by atoms with van der Waals surface area (Å²) in [6.07, 6.45) is 0.953. The van der Waals surface area contributed by atoms with E-state index in [1.165, 1.54) is 5.56 Å². The molecule has 1 amide bonds. The number of carbonyl (C=O) groups excluding carboxylic acids is 1. The lowest BCUT2D eigenvalue weighted by molar-refractivity contribution is -0.121. The van der Waals surface area contributed by atoms with Gasteiger partial charge < -0.3 is 10.1 Å². The molecule has 0 saturated heterocycles. The smallest absolute Gasteiger partial charge is 0.220 e. The van der Waals surface area contributed by atoms with E-state index in [4.69, 9.17) is 4.74 Å². The molecule has 0 aliphatic heterocycles. The van der Waals surface area contributed by atoms with Crippen LogP contribution in [-0.4, -0.2) is 39.8 Å². The summed E-state index contributed by atoms with van der Waals surface area (Å²) in [7, 11) is -3.20. The molecule has 25 heavy (non-hydrogen) atoms. The molecule has 1 aromatic carbocycles. The normalized spacial score (nSPS) is 12.0. The summed E-state index contributed by atoms with van der Waals surface area (Å²) in [5, 5.41) is 2.68. The third-order valence-electron chi connectivity index (χ3n) is 3.69. The Labute approximate surface area is 151 Å². The monoisotopic (exact) mass is 370 g/mol. The zero-order chi connectivity index (χ0) is 18.9. The van der Waals surface area contributed by atoms with E-state index in [0.29, 0.717) is 19.4 Å². The minimum absolute atomic E-state index is 0.0367. The molecule has 0 spiro atoms. The second-order valence-electron chi connectivity index (χ2n) is 6.87. The van der Waals surface area contributed by atoms with E-state index < -0.39 is 10.0 Å². The fraction of sp³-hybridized carbons (Fsp3) is 0.611. The second kappa shape index (κ2) is 9.77. The Hall–Kier alpha value is -1.60. The lowest BCUT2D eigenvalue weighted by Gasteiger charge is -2.19. The van der Waals surface area contributed by atoms with Crippen molar-refractivity contribution < 1.29 is 17.9 Å². The van der Waals surface area contributed by atoms with Gasteiger partial charge in [-0.25, -0.2) is 13.1 Å². The van der Waals surface area contributed by atoms with E-state index in [1.807, 2.05) is 12.1 Å². The first-order valence-corrected chi connectivity index (χ1v) is 10.3. The Bertz CT molecular complexity index is 634. The first-order chi connectivity index (χ1) is 11.6. The van der Waals surface area contributed by atoms with Gasteiger partial charge in [0.2, 0.25) is 15.9 Å². The Morgan fingerprint density at radius 3 is 2.32 bits per heavy atom. The van der Waals surface area contributed by atoms with Gasteiger partial charge in [0.25, 0.3) is 0 Å². The van der Waals surface area contributed by atoms with Crippen LogP contribution in [0, 0.1) is 0 Å². The van der Waals surface area contributed by atoms with Crippen molar-refractivity contribution in [2.75, 3.05) is 25.4 Å². The van der Waals surface area contributed by atoms with Gasteiger partial charge in [0.15, 0.2) is 0 Å². The molecule has 0 bridgehead atoms. The van der Waals surface area contributed by atoms with E-state index in [9.17, 15) is 13.2 Å². The highest BCUT2D eigenvalue weighted by Gasteiger charge is 2.13. The van der Waals surface area contributed by atoms with Crippen molar-refractivity contribution >= 4 is 15.9 Å². The second-order valence-corrected chi connectivity index (χ2v) is 8.97. The maximum Gasteiger partial charge on any atom is 0.220 e. The largest absolute Gasteiger partial charge is 0.494 e. The molecular weight excluding hydrogens is 340 g/mol. The number of ether oxygens (including phenoxy) is 1. The van der Waals surface area contributed by atoms with Crippen LogP contribution < -0.4 is 14.8 Å². The molecule has 2 N–H and O–H groups in total. The van der Waals surface area contributed by atoms with E-state index in [-0.39, 0.29) is 30.2 Å². The van der Waals surface area contributed by atoms with E-state index >= 15 is 0 Å². The van der Waals surface area contributed by atoms with Gasteiger partial charge in [-0.1, -0.05) is 32.9 Å². The van der Waals surface area contributed by atoms with Crippen LogP contribution in [0.4, 0.5) is 0 Å². The first-order valence-electron chi connectivity index (χ1n) is 8.61. The van der Waals surface area contributed by atoms with Crippen LogP contribution in [0.3, 0.4) is 0 Å². The SMILES string of the molecule is CCS(=O)(=O)NCCNC(=O)CCCOc1ccc(C(C)(C)C)cc1. The van der Waals surface area contributed by atoms with Crippen molar-refractivity contribution in [3.05, 3.63) is 29.8 Å². The van der Waals surface area contributed by atoms with Crippen molar-refractivity contribution in [1.82, 2.24) is 10.0 Å². The van der Waals surface area contributed by atoms with Crippen molar-refractivity contribution in [2.45, 2.75) is 46.0 Å². The summed E-state index contributed by atoms with van der Waals surface area (Å²) >= 11 is 0. The number of rotatable bonds is 10. The zero-order valence-electron chi connectivity index (χ0n) is 15.6. The van der Waals surface area contributed by atoms with Gasteiger partial charge in [0, 0.05) is 19.5 Å². The van der Waals surface area contributed by atoms with Crippen LogP contribution in [0.2, 0.25) is 0 Å². The van der Waals surface area contributed by atoms with Crippen molar-refractivity contribution in [3.63, 3.8) is 0 Å². The maximum absolute atomic E-state index is 11.7. The highest BCUT2D eigenvalue weighted by molar-refractivity contribution is 7.89. The quantitative estimate of drug-likeness (QED) is 0.619. The molecule has 1 aromatic rings. The number of benzene rings is 1. The number of carbonyl (C=O) groups is 1. The van der Waals surface area contributed by atoms with Crippen molar-refractivity contribution in [2.24, 2.45) is 0 Å². The summed E-state index contributed by atoms with van der Waals surface area (Å²) in [5.74, 6) is 0.722. The van der Waals surface area contributed by atoms with Gasteiger partial charge in [-0.15, -0.1) is 0 Å². The van der Waals surface area contributed by atoms with E-state index in [2.05, 4.69) is 42.9 Å². The van der Waals surface area contributed by atoms with E-state index in [0.717, 1.165) is 5.75 Å². The summed E-state index contributed by atoms with van der Waals surface area (Å²) < 4.78 is 30.5. The zero-order valence-corrected chi connectivity index (χ0v) is 16.4. The van der Waals surface area contributed by atoms with Crippen LogP contribution in [-0.2, 0) is 20.2 Å². The predicted molar refractivity (Wildman–Crippen MR) is 100 cm³/mol. The fourth-order valence-electron chi connectivity index (χ4n) is 2.07. The maximum atomic E-state index is 11.7. The van der Waals surface area contributed by atoms with Crippen molar-refractivity contribution in [3.8, 4) is 5.75 Å². The van der Waals surface area contributed by atoms with Crippen LogP contribution in [0.15, 0.2) is 24.3 Å².